The Hall–Kier alpha value is -2.91. The number of aromatic nitrogens is 2. The number of urea groups is 1. The number of carbonyl (C=O) groups is 4. The Kier molecular flexibility index (Phi) is 3.97. The molecule has 3 heterocycles. The highest BCUT2D eigenvalue weighted by Crippen LogP contribution is 2.21. The predicted molar refractivity (Wildman–Crippen MR) is 83.3 cm³/mol. The van der Waals surface area contributed by atoms with E-state index in [4.69, 9.17) is 0 Å². The number of carbonyl (C=O) groups excluding carboxylic acids is 4. The average molecular weight is 349 g/mol. The summed E-state index contributed by atoms with van der Waals surface area (Å²) in [4.78, 5) is 50.6. The van der Waals surface area contributed by atoms with Crippen LogP contribution in [0.2, 0.25) is 0 Å². The van der Waals surface area contributed by atoms with Crippen molar-refractivity contribution in [1.82, 2.24) is 24.9 Å². The number of ether oxygens (including phenoxy) is 1. The van der Waals surface area contributed by atoms with Crippen molar-refractivity contribution < 1.29 is 23.9 Å². The fourth-order valence-electron chi connectivity index (χ4n) is 2.88. The van der Waals surface area contributed by atoms with Gasteiger partial charge >= 0.3 is 12.0 Å². The van der Waals surface area contributed by atoms with Crippen molar-refractivity contribution in [1.29, 1.82) is 0 Å². The molecule has 0 atom stereocenters. The molecule has 1 N–H and O–H groups in total. The molecular weight excluding hydrogens is 330 g/mol. The van der Waals surface area contributed by atoms with Crippen LogP contribution in [-0.2, 0) is 27.4 Å². The van der Waals surface area contributed by atoms with E-state index in [0.29, 0.717) is 18.8 Å². The molecule has 1 fully saturated rings. The SMILES string of the molecule is COC(=O)c1cc2n(n1)CCN(C(=O)CN1C(=O)NC(=O)C1(C)C)C2. The predicted octanol–water partition coefficient (Wildman–Crippen LogP) is -0.658. The van der Waals surface area contributed by atoms with Crippen LogP contribution in [0.3, 0.4) is 0 Å². The average Bonchev–Trinajstić information content (AvgIpc) is 3.08. The summed E-state index contributed by atoms with van der Waals surface area (Å²) in [5.41, 5.74) is -0.166. The largest absolute Gasteiger partial charge is 0.464 e. The van der Waals surface area contributed by atoms with Crippen LogP contribution in [0.4, 0.5) is 4.79 Å². The summed E-state index contributed by atoms with van der Waals surface area (Å²) in [7, 11) is 1.28. The molecule has 0 unspecified atom stereocenters. The molecule has 10 nitrogen and oxygen atoms in total. The molecule has 2 aliphatic heterocycles. The highest BCUT2D eigenvalue weighted by molar-refractivity contribution is 6.07. The van der Waals surface area contributed by atoms with Crippen LogP contribution in [0, 0.1) is 0 Å². The zero-order chi connectivity index (χ0) is 18.4. The molecule has 10 heteroatoms. The Morgan fingerprint density at radius 1 is 1.32 bits per heavy atom. The van der Waals surface area contributed by atoms with Gasteiger partial charge in [0.15, 0.2) is 5.69 Å². The molecule has 134 valence electrons. The number of fused-ring (bicyclic) bond motifs is 1. The van der Waals surface area contributed by atoms with Crippen molar-refractivity contribution in [2.24, 2.45) is 0 Å². The molecule has 0 radical (unpaired) electrons. The molecule has 3 rings (SSSR count). The summed E-state index contributed by atoms with van der Waals surface area (Å²) < 4.78 is 6.30. The number of esters is 1. The quantitative estimate of drug-likeness (QED) is 0.572. The highest BCUT2D eigenvalue weighted by atomic mass is 16.5. The van der Waals surface area contributed by atoms with Gasteiger partial charge in [-0.1, -0.05) is 0 Å². The van der Waals surface area contributed by atoms with Crippen LogP contribution >= 0.6 is 0 Å². The smallest absolute Gasteiger partial charge is 0.358 e. The zero-order valence-corrected chi connectivity index (χ0v) is 14.2. The fourth-order valence-corrected chi connectivity index (χ4v) is 2.88. The lowest BCUT2D eigenvalue weighted by atomic mass is 10.0. The maximum Gasteiger partial charge on any atom is 0.358 e. The number of nitrogens with zero attached hydrogens (tertiary/aromatic N) is 4. The maximum atomic E-state index is 12.6. The number of rotatable bonds is 3. The van der Waals surface area contributed by atoms with Crippen LogP contribution in [0.5, 0.6) is 0 Å². The third-order valence-electron chi connectivity index (χ3n) is 4.53. The standard InChI is InChI=1S/C15H19N5O5/c1-15(2)13(23)16-14(24)19(15)8-11(21)18-4-5-20-9(7-18)6-10(17-20)12(22)25-3/h6H,4-5,7-8H2,1-3H3,(H,16,23,24). The Bertz CT molecular complexity index is 768. The normalized spacial score (nSPS) is 18.8. The van der Waals surface area contributed by atoms with Crippen LogP contribution in [0.1, 0.15) is 30.0 Å². The first-order chi connectivity index (χ1) is 11.7. The van der Waals surface area contributed by atoms with Crippen LogP contribution in [0.25, 0.3) is 0 Å². The van der Waals surface area contributed by atoms with E-state index in [-0.39, 0.29) is 24.7 Å². The molecule has 0 saturated carbocycles. The van der Waals surface area contributed by atoms with E-state index < -0.39 is 23.4 Å². The summed E-state index contributed by atoms with van der Waals surface area (Å²) >= 11 is 0. The summed E-state index contributed by atoms with van der Waals surface area (Å²) in [5.74, 6) is -1.23. The first kappa shape index (κ1) is 16.9. The Labute approximate surface area is 143 Å². The number of amides is 4. The molecule has 1 saturated heterocycles. The van der Waals surface area contributed by atoms with Crippen LogP contribution in [0.15, 0.2) is 6.07 Å². The van der Waals surface area contributed by atoms with Gasteiger partial charge in [-0.3, -0.25) is 19.6 Å². The lowest BCUT2D eigenvalue weighted by molar-refractivity contribution is -0.135. The Morgan fingerprint density at radius 3 is 2.64 bits per heavy atom. The van der Waals surface area contributed by atoms with Crippen molar-refractivity contribution in [3.63, 3.8) is 0 Å². The summed E-state index contributed by atoms with van der Waals surface area (Å²) in [5, 5.41) is 6.36. The Balaban J connectivity index is 1.71. The molecule has 0 spiro atoms. The number of nitrogens with one attached hydrogen (secondary N) is 1. The van der Waals surface area contributed by atoms with Gasteiger partial charge in [0.2, 0.25) is 5.91 Å². The molecule has 2 aliphatic rings. The van der Waals surface area contributed by atoms with E-state index in [1.165, 1.54) is 12.0 Å². The molecule has 25 heavy (non-hydrogen) atoms. The molecule has 0 aromatic carbocycles. The third-order valence-corrected chi connectivity index (χ3v) is 4.53. The van der Waals surface area contributed by atoms with E-state index in [0.717, 1.165) is 0 Å². The van der Waals surface area contributed by atoms with Crippen LogP contribution in [-0.4, -0.2) is 69.1 Å². The second-order valence-corrected chi connectivity index (χ2v) is 6.46. The summed E-state index contributed by atoms with van der Waals surface area (Å²) in [6.07, 6.45) is 0. The van der Waals surface area contributed by atoms with E-state index in [1.807, 2.05) is 0 Å². The molecule has 4 amide bonds. The topological polar surface area (TPSA) is 114 Å². The second kappa shape index (κ2) is 5.87. The monoisotopic (exact) mass is 349 g/mol. The van der Waals surface area contributed by atoms with Gasteiger partial charge in [0.25, 0.3) is 5.91 Å². The van der Waals surface area contributed by atoms with Gasteiger partial charge in [-0.2, -0.15) is 5.10 Å². The number of methoxy groups -OCH3 is 1. The van der Waals surface area contributed by atoms with E-state index in [9.17, 15) is 19.2 Å². The number of imide groups is 1. The van der Waals surface area contributed by atoms with Crippen molar-refractivity contribution in [3.8, 4) is 0 Å². The fraction of sp³-hybridized carbons (Fsp3) is 0.533. The van der Waals surface area contributed by atoms with Gasteiger partial charge < -0.3 is 14.5 Å². The van der Waals surface area contributed by atoms with Gasteiger partial charge in [-0.25, -0.2) is 9.59 Å². The highest BCUT2D eigenvalue weighted by Gasteiger charge is 2.46. The lowest BCUT2D eigenvalue weighted by Gasteiger charge is -2.32. The van der Waals surface area contributed by atoms with Crippen molar-refractivity contribution in [2.45, 2.75) is 32.5 Å². The minimum atomic E-state index is -1.07. The third kappa shape index (κ3) is 2.83. The molecule has 0 aliphatic carbocycles. The number of hydrogen-bond acceptors (Lipinski definition) is 6. The first-order valence-corrected chi connectivity index (χ1v) is 7.80. The molecule has 1 aromatic heterocycles. The van der Waals surface area contributed by atoms with Crippen molar-refractivity contribution >= 4 is 23.8 Å². The van der Waals surface area contributed by atoms with Gasteiger partial charge in [0.05, 0.1) is 25.9 Å². The maximum absolute atomic E-state index is 12.6. The molecule has 0 bridgehead atoms. The minimum absolute atomic E-state index is 0.192. The molecule has 1 aromatic rings. The van der Waals surface area contributed by atoms with E-state index >= 15 is 0 Å². The van der Waals surface area contributed by atoms with Gasteiger partial charge in [-0.15, -0.1) is 0 Å². The zero-order valence-electron chi connectivity index (χ0n) is 14.2. The van der Waals surface area contributed by atoms with E-state index in [2.05, 4.69) is 15.2 Å². The van der Waals surface area contributed by atoms with E-state index in [1.54, 1.807) is 29.5 Å². The molecular formula is C15H19N5O5. The van der Waals surface area contributed by atoms with Gasteiger partial charge in [0.1, 0.15) is 12.1 Å². The minimum Gasteiger partial charge on any atom is -0.464 e. The Morgan fingerprint density at radius 2 is 2.04 bits per heavy atom. The first-order valence-electron chi connectivity index (χ1n) is 7.80. The summed E-state index contributed by atoms with van der Waals surface area (Å²) in [6.45, 7) is 4.10. The van der Waals surface area contributed by atoms with Gasteiger partial charge in [-0.05, 0) is 19.9 Å². The van der Waals surface area contributed by atoms with Crippen molar-refractivity contribution in [3.05, 3.63) is 17.5 Å². The number of hydrogen-bond donors (Lipinski definition) is 1. The lowest BCUT2D eigenvalue weighted by Crippen LogP contribution is -2.50. The van der Waals surface area contributed by atoms with Gasteiger partial charge in [0, 0.05) is 6.54 Å². The second-order valence-electron chi connectivity index (χ2n) is 6.46. The van der Waals surface area contributed by atoms with Crippen molar-refractivity contribution in [2.75, 3.05) is 20.2 Å². The van der Waals surface area contributed by atoms with Crippen LogP contribution < -0.4 is 5.32 Å². The summed E-state index contributed by atoms with van der Waals surface area (Å²) in [6, 6.07) is 1.01.